The molecule has 0 bridgehead atoms. The minimum atomic E-state index is -0.159. The van der Waals surface area contributed by atoms with Crippen molar-refractivity contribution in [3.8, 4) is 0 Å². The van der Waals surface area contributed by atoms with E-state index in [0.717, 1.165) is 36.0 Å². The summed E-state index contributed by atoms with van der Waals surface area (Å²) in [5.74, 6) is -0.159. The number of hydrogen-bond donors (Lipinski definition) is 1. The van der Waals surface area contributed by atoms with Crippen LogP contribution in [0.2, 0.25) is 0 Å². The highest BCUT2D eigenvalue weighted by atomic mass is 79.9. The normalized spacial score (nSPS) is 10.5. The van der Waals surface area contributed by atoms with Gasteiger partial charge in [0.15, 0.2) is 0 Å². The van der Waals surface area contributed by atoms with Gasteiger partial charge >= 0.3 is 0 Å². The van der Waals surface area contributed by atoms with E-state index >= 15 is 0 Å². The van der Waals surface area contributed by atoms with E-state index in [2.05, 4.69) is 21.2 Å². The Hall–Kier alpha value is -0.410. The number of hydrogen-bond acceptors (Lipinski definition) is 1. The van der Waals surface area contributed by atoms with Crippen molar-refractivity contribution < 1.29 is 4.39 Å². The van der Waals surface area contributed by atoms with E-state index in [-0.39, 0.29) is 5.82 Å². The summed E-state index contributed by atoms with van der Waals surface area (Å²) in [5.41, 5.74) is 2.18. The quantitative estimate of drug-likeness (QED) is 0.634. The van der Waals surface area contributed by atoms with Crippen molar-refractivity contribution >= 4 is 15.9 Å². The molecule has 78 valence electrons. The van der Waals surface area contributed by atoms with Crippen LogP contribution in [0.15, 0.2) is 18.2 Å². The number of alkyl halides is 1. The Kier molecular flexibility index (Phi) is 5.12. The molecule has 0 unspecified atom stereocenters. The van der Waals surface area contributed by atoms with E-state index < -0.39 is 0 Å². The zero-order chi connectivity index (χ0) is 10.4. The van der Waals surface area contributed by atoms with Crippen LogP contribution in [-0.4, -0.2) is 11.9 Å². The Morgan fingerprint density at radius 3 is 2.93 bits per heavy atom. The van der Waals surface area contributed by atoms with Crippen LogP contribution in [0.1, 0.15) is 17.5 Å². The van der Waals surface area contributed by atoms with Gasteiger partial charge in [-0.05, 0) is 43.1 Å². The lowest BCUT2D eigenvalue weighted by molar-refractivity contribution is 0.618. The molecule has 0 aromatic heterocycles. The average Bonchev–Trinajstić information content (AvgIpc) is 2.18. The van der Waals surface area contributed by atoms with Crippen LogP contribution in [-0.2, 0) is 6.54 Å². The highest BCUT2D eigenvalue weighted by Crippen LogP contribution is 2.09. The fourth-order valence-electron chi connectivity index (χ4n) is 1.25. The number of rotatable bonds is 5. The summed E-state index contributed by atoms with van der Waals surface area (Å²) in [7, 11) is 0. The topological polar surface area (TPSA) is 12.0 Å². The van der Waals surface area contributed by atoms with Crippen LogP contribution < -0.4 is 5.32 Å². The van der Waals surface area contributed by atoms with E-state index in [1.165, 1.54) is 6.07 Å². The van der Waals surface area contributed by atoms with Crippen LogP contribution in [0.3, 0.4) is 0 Å². The lowest BCUT2D eigenvalue weighted by atomic mass is 10.1. The van der Waals surface area contributed by atoms with Gasteiger partial charge in [0.1, 0.15) is 5.82 Å². The Bertz CT molecular complexity index is 289. The van der Waals surface area contributed by atoms with Crippen molar-refractivity contribution in [1.29, 1.82) is 0 Å². The van der Waals surface area contributed by atoms with Gasteiger partial charge in [-0.2, -0.15) is 0 Å². The first kappa shape index (κ1) is 11.7. The molecule has 3 heteroatoms. The Morgan fingerprint density at radius 2 is 2.21 bits per heavy atom. The maximum Gasteiger partial charge on any atom is 0.123 e. The summed E-state index contributed by atoms with van der Waals surface area (Å²) >= 11 is 3.36. The van der Waals surface area contributed by atoms with Gasteiger partial charge in [0.2, 0.25) is 0 Å². The van der Waals surface area contributed by atoms with Gasteiger partial charge in [0.25, 0.3) is 0 Å². The standard InChI is InChI=1S/C11H15BrFN/c1-9-3-4-11(13)7-10(9)8-14-6-2-5-12/h3-4,7,14H,2,5-6,8H2,1H3. The van der Waals surface area contributed by atoms with Gasteiger partial charge in [-0.25, -0.2) is 4.39 Å². The van der Waals surface area contributed by atoms with Crippen LogP contribution in [0.25, 0.3) is 0 Å². The fraction of sp³-hybridized carbons (Fsp3) is 0.455. The van der Waals surface area contributed by atoms with E-state index in [1.54, 1.807) is 6.07 Å². The van der Waals surface area contributed by atoms with Gasteiger partial charge < -0.3 is 5.32 Å². The molecule has 1 aromatic carbocycles. The lowest BCUT2D eigenvalue weighted by Gasteiger charge is -2.07. The largest absolute Gasteiger partial charge is 0.313 e. The predicted octanol–water partition coefficient (Wildman–Crippen LogP) is 3.01. The fourth-order valence-corrected chi connectivity index (χ4v) is 1.53. The smallest absolute Gasteiger partial charge is 0.123 e. The molecule has 0 fully saturated rings. The second-order valence-corrected chi connectivity index (χ2v) is 4.08. The third-order valence-corrected chi connectivity index (χ3v) is 2.67. The van der Waals surface area contributed by atoms with Crippen molar-refractivity contribution in [2.45, 2.75) is 19.9 Å². The van der Waals surface area contributed by atoms with E-state index in [1.807, 2.05) is 13.0 Å². The molecule has 1 N–H and O–H groups in total. The zero-order valence-corrected chi connectivity index (χ0v) is 9.90. The molecule has 0 spiro atoms. The summed E-state index contributed by atoms with van der Waals surface area (Å²) in [4.78, 5) is 0. The Labute approximate surface area is 92.8 Å². The molecule has 0 amide bonds. The van der Waals surface area contributed by atoms with Crippen molar-refractivity contribution in [2.75, 3.05) is 11.9 Å². The molecule has 1 nitrogen and oxygen atoms in total. The van der Waals surface area contributed by atoms with Crippen molar-refractivity contribution in [3.05, 3.63) is 35.1 Å². The summed E-state index contributed by atoms with van der Waals surface area (Å²) in [6, 6.07) is 4.91. The third kappa shape index (κ3) is 3.76. The number of halogens is 2. The van der Waals surface area contributed by atoms with Gasteiger partial charge in [-0.3, -0.25) is 0 Å². The van der Waals surface area contributed by atoms with E-state index in [9.17, 15) is 4.39 Å². The summed E-state index contributed by atoms with van der Waals surface area (Å²) < 4.78 is 12.9. The molecule has 0 saturated carbocycles. The second-order valence-electron chi connectivity index (χ2n) is 3.29. The highest BCUT2D eigenvalue weighted by molar-refractivity contribution is 9.09. The van der Waals surface area contributed by atoms with Crippen LogP contribution in [0.5, 0.6) is 0 Å². The maximum absolute atomic E-state index is 12.9. The van der Waals surface area contributed by atoms with Crippen LogP contribution in [0.4, 0.5) is 4.39 Å². The zero-order valence-electron chi connectivity index (χ0n) is 8.32. The molecule has 0 radical (unpaired) electrons. The molecule has 1 aromatic rings. The second kappa shape index (κ2) is 6.14. The molecule has 0 aliphatic carbocycles. The Balaban J connectivity index is 2.45. The molecule has 0 heterocycles. The van der Waals surface area contributed by atoms with Crippen LogP contribution in [0, 0.1) is 12.7 Å². The Morgan fingerprint density at radius 1 is 1.43 bits per heavy atom. The monoisotopic (exact) mass is 259 g/mol. The molecule has 0 atom stereocenters. The van der Waals surface area contributed by atoms with Gasteiger partial charge in [-0.15, -0.1) is 0 Å². The molecular weight excluding hydrogens is 245 g/mol. The first-order chi connectivity index (χ1) is 6.74. The molecule has 0 saturated heterocycles. The first-order valence-electron chi connectivity index (χ1n) is 4.75. The van der Waals surface area contributed by atoms with Gasteiger partial charge in [-0.1, -0.05) is 22.0 Å². The minimum absolute atomic E-state index is 0.159. The van der Waals surface area contributed by atoms with Crippen molar-refractivity contribution in [1.82, 2.24) is 5.32 Å². The van der Waals surface area contributed by atoms with Crippen LogP contribution >= 0.6 is 15.9 Å². The molecule has 1 rings (SSSR count). The van der Waals surface area contributed by atoms with E-state index in [0.29, 0.717) is 0 Å². The lowest BCUT2D eigenvalue weighted by Crippen LogP contribution is -2.15. The van der Waals surface area contributed by atoms with Crippen molar-refractivity contribution in [3.63, 3.8) is 0 Å². The SMILES string of the molecule is Cc1ccc(F)cc1CNCCCBr. The summed E-state index contributed by atoms with van der Waals surface area (Å²) in [6.45, 7) is 3.71. The maximum atomic E-state index is 12.9. The predicted molar refractivity (Wildman–Crippen MR) is 61.3 cm³/mol. The first-order valence-corrected chi connectivity index (χ1v) is 5.88. The average molecular weight is 260 g/mol. The third-order valence-electron chi connectivity index (χ3n) is 2.11. The molecule has 0 aliphatic heterocycles. The molecule has 0 aliphatic rings. The number of benzene rings is 1. The number of aryl methyl sites for hydroxylation is 1. The van der Waals surface area contributed by atoms with Crippen molar-refractivity contribution in [2.24, 2.45) is 0 Å². The minimum Gasteiger partial charge on any atom is -0.313 e. The highest BCUT2D eigenvalue weighted by Gasteiger charge is 1.99. The molecule has 14 heavy (non-hydrogen) atoms. The van der Waals surface area contributed by atoms with Gasteiger partial charge in [0.05, 0.1) is 0 Å². The number of nitrogens with one attached hydrogen (secondary N) is 1. The summed E-state index contributed by atoms with van der Waals surface area (Å²) in [6.07, 6.45) is 1.09. The van der Waals surface area contributed by atoms with Gasteiger partial charge in [0, 0.05) is 11.9 Å². The summed E-state index contributed by atoms with van der Waals surface area (Å²) in [5, 5.41) is 4.28. The molecular formula is C11H15BrFN. The van der Waals surface area contributed by atoms with E-state index in [4.69, 9.17) is 0 Å².